The van der Waals surface area contributed by atoms with Gasteiger partial charge in [-0.1, -0.05) is 0 Å². The maximum atomic E-state index is 5.31. The summed E-state index contributed by atoms with van der Waals surface area (Å²) in [4.78, 5) is 0. The third-order valence-electron chi connectivity index (χ3n) is 0.558. The molecule has 0 unspecified atom stereocenters. The van der Waals surface area contributed by atoms with Gasteiger partial charge in [0.15, 0.2) is 0 Å². The van der Waals surface area contributed by atoms with Crippen molar-refractivity contribution in [1.29, 1.82) is 0 Å². The average Bonchev–Trinajstić information content (AvgIpc) is 1.90. The predicted octanol–water partition coefficient (Wildman–Crippen LogP) is 1.12. The second-order valence-electron chi connectivity index (χ2n) is 1.04. The van der Waals surface area contributed by atoms with Crippen molar-refractivity contribution in [2.75, 3.05) is 0 Å². The van der Waals surface area contributed by atoms with Crippen LogP contribution in [0, 0.1) is 0 Å². The molecule has 5 heteroatoms. The van der Waals surface area contributed by atoms with Crippen molar-refractivity contribution in [2.24, 2.45) is 0 Å². The van der Waals surface area contributed by atoms with Gasteiger partial charge in [0.25, 0.3) is 0 Å². The molecule has 0 fully saturated rings. The summed E-state index contributed by atoms with van der Waals surface area (Å²) < 4.78 is 0. The minimum atomic E-state index is 0.668. The molecule has 0 saturated carbocycles. The number of halogens is 1. The fraction of sp³-hybridized carbons (Fsp3) is 0. The van der Waals surface area contributed by atoms with Gasteiger partial charge in [-0.15, -0.1) is 10.2 Å². The van der Waals surface area contributed by atoms with Crippen LogP contribution >= 0.6 is 21.7 Å². The number of hydrogen-bond acceptors (Lipinski definition) is 4. The summed E-state index contributed by atoms with van der Waals surface area (Å²) in [5.74, 6) is 0. The standard InChI is InChI=1S/C3H2ClN3S/c4-8-3-1-2-5-7-6-3/h1-2H. The first-order chi connectivity index (χ1) is 3.93. The normalized spacial score (nSPS) is 9.12. The van der Waals surface area contributed by atoms with Crippen molar-refractivity contribution in [3.63, 3.8) is 0 Å². The van der Waals surface area contributed by atoms with Crippen LogP contribution in [0.2, 0.25) is 0 Å². The Bertz CT molecular complexity index is 156. The van der Waals surface area contributed by atoms with Crippen LogP contribution in [0.4, 0.5) is 0 Å². The fourth-order valence-electron chi connectivity index (χ4n) is 0.271. The Morgan fingerprint density at radius 3 is 2.88 bits per heavy atom. The molecule has 0 aliphatic rings. The zero-order valence-corrected chi connectivity index (χ0v) is 5.35. The Labute approximate surface area is 55.0 Å². The predicted molar refractivity (Wildman–Crippen MR) is 31.5 cm³/mol. The molecule has 0 amide bonds. The van der Waals surface area contributed by atoms with Crippen LogP contribution in [-0.4, -0.2) is 15.4 Å². The first kappa shape index (κ1) is 5.78. The smallest absolute Gasteiger partial charge is 0.137 e. The molecule has 0 aromatic carbocycles. The molecule has 0 N–H and O–H groups in total. The Kier molecular flexibility index (Phi) is 2.05. The van der Waals surface area contributed by atoms with Gasteiger partial charge in [-0.05, 0) is 22.0 Å². The maximum Gasteiger partial charge on any atom is 0.137 e. The molecular weight excluding hydrogens is 146 g/mol. The minimum absolute atomic E-state index is 0.668. The summed E-state index contributed by atoms with van der Waals surface area (Å²) in [6, 6.07) is 1.69. The van der Waals surface area contributed by atoms with E-state index in [1.54, 1.807) is 6.07 Å². The lowest BCUT2D eigenvalue weighted by Gasteiger charge is -1.83. The van der Waals surface area contributed by atoms with E-state index >= 15 is 0 Å². The summed E-state index contributed by atoms with van der Waals surface area (Å²) in [7, 11) is 6.34. The molecule has 0 atom stereocenters. The minimum Gasteiger partial charge on any atom is -0.139 e. The van der Waals surface area contributed by atoms with Crippen molar-refractivity contribution in [3.8, 4) is 0 Å². The van der Waals surface area contributed by atoms with Crippen LogP contribution in [0.1, 0.15) is 0 Å². The summed E-state index contributed by atoms with van der Waals surface area (Å²) in [5, 5.41) is 11.0. The van der Waals surface area contributed by atoms with Crippen molar-refractivity contribution >= 4 is 21.7 Å². The zero-order chi connectivity index (χ0) is 5.82. The van der Waals surface area contributed by atoms with Crippen molar-refractivity contribution in [3.05, 3.63) is 12.3 Å². The summed E-state index contributed by atoms with van der Waals surface area (Å²) in [6.07, 6.45) is 1.54. The van der Waals surface area contributed by atoms with Crippen molar-refractivity contribution < 1.29 is 0 Å². The summed E-state index contributed by atoms with van der Waals surface area (Å²) in [6.45, 7) is 0. The molecule has 3 nitrogen and oxygen atoms in total. The Hall–Kier alpha value is -0.350. The molecule has 1 aromatic heterocycles. The molecule has 1 rings (SSSR count). The van der Waals surface area contributed by atoms with Gasteiger partial charge < -0.3 is 0 Å². The monoisotopic (exact) mass is 147 g/mol. The first-order valence-corrected chi connectivity index (χ1v) is 3.50. The molecule has 0 bridgehead atoms. The molecular formula is C3H2ClN3S. The van der Waals surface area contributed by atoms with E-state index in [9.17, 15) is 0 Å². The van der Waals surface area contributed by atoms with Gasteiger partial charge in [-0.2, -0.15) is 0 Å². The number of rotatable bonds is 1. The van der Waals surface area contributed by atoms with Gasteiger partial charge in [-0.3, -0.25) is 0 Å². The van der Waals surface area contributed by atoms with Crippen LogP contribution < -0.4 is 0 Å². The second kappa shape index (κ2) is 2.84. The van der Waals surface area contributed by atoms with Gasteiger partial charge in [0.1, 0.15) is 5.03 Å². The topological polar surface area (TPSA) is 38.7 Å². The third kappa shape index (κ3) is 1.31. The second-order valence-corrected chi connectivity index (χ2v) is 2.07. The van der Waals surface area contributed by atoms with Gasteiger partial charge in [-0.25, -0.2) is 0 Å². The summed E-state index contributed by atoms with van der Waals surface area (Å²) >= 11 is 0. The fourth-order valence-corrected chi connectivity index (χ4v) is 0.698. The lowest BCUT2D eigenvalue weighted by atomic mass is 10.7. The molecule has 0 radical (unpaired) electrons. The Morgan fingerprint density at radius 1 is 1.62 bits per heavy atom. The quantitative estimate of drug-likeness (QED) is 0.597. The number of hydrogen-bond donors (Lipinski definition) is 0. The number of nitrogens with zero attached hydrogens (tertiary/aromatic N) is 3. The van der Waals surface area contributed by atoms with Crippen LogP contribution in [0.5, 0.6) is 0 Å². The molecule has 0 spiro atoms. The molecule has 42 valence electrons. The maximum absolute atomic E-state index is 5.31. The van der Waals surface area contributed by atoms with Gasteiger partial charge >= 0.3 is 0 Å². The first-order valence-electron chi connectivity index (χ1n) is 1.86. The van der Waals surface area contributed by atoms with Crippen LogP contribution in [-0.2, 0) is 0 Å². The van der Waals surface area contributed by atoms with E-state index in [4.69, 9.17) is 10.7 Å². The number of aromatic nitrogens is 3. The Morgan fingerprint density at radius 2 is 2.50 bits per heavy atom. The Balaban J connectivity index is 2.83. The van der Waals surface area contributed by atoms with Gasteiger partial charge in [0.2, 0.25) is 0 Å². The highest BCUT2D eigenvalue weighted by atomic mass is 35.7. The van der Waals surface area contributed by atoms with Crippen molar-refractivity contribution in [2.45, 2.75) is 5.03 Å². The largest absolute Gasteiger partial charge is 0.139 e. The van der Waals surface area contributed by atoms with Crippen LogP contribution in [0.25, 0.3) is 0 Å². The molecule has 0 aliphatic heterocycles. The van der Waals surface area contributed by atoms with E-state index in [-0.39, 0.29) is 0 Å². The SMILES string of the molecule is ClSc1ccnnn1. The molecule has 1 heterocycles. The van der Waals surface area contributed by atoms with E-state index in [0.717, 1.165) is 11.0 Å². The van der Waals surface area contributed by atoms with E-state index < -0.39 is 0 Å². The van der Waals surface area contributed by atoms with E-state index in [0.29, 0.717) is 5.03 Å². The lowest BCUT2D eigenvalue weighted by molar-refractivity contribution is 0.805. The molecule has 1 aromatic rings. The van der Waals surface area contributed by atoms with Crippen molar-refractivity contribution in [1.82, 2.24) is 15.4 Å². The van der Waals surface area contributed by atoms with Crippen LogP contribution in [0.15, 0.2) is 17.3 Å². The zero-order valence-electron chi connectivity index (χ0n) is 3.78. The average molecular weight is 148 g/mol. The highest BCUT2D eigenvalue weighted by molar-refractivity contribution is 8.21. The highest BCUT2D eigenvalue weighted by Gasteiger charge is 1.87. The van der Waals surface area contributed by atoms with E-state index in [2.05, 4.69) is 15.4 Å². The lowest BCUT2D eigenvalue weighted by Crippen LogP contribution is -1.83. The highest BCUT2D eigenvalue weighted by Crippen LogP contribution is 2.15. The van der Waals surface area contributed by atoms with E-state index in [1.165, 1.54) is 6.20 Å². The molecule has 0 aliphatic carbocycles. The molecule has 8 heavy (non-hydrogen) atoms. The van der Waals surface area contributed by atoms with Gasteiger partial charge in [0.05, 0.1) is 6.20 Å². The van der Waals surface area contributed by atoms with E-state index in [1.807, 2.05) is 0 Å². The third-order valence-corrected chi connectivity index (χ3v) is 1.41. The van der Waals surface area contributed by atoms with Crippen LogP contribution in [0.3, 0.4) is 0 Å². The summed E-state index contributed by atoms with van der Waals surface area (Å²) in [5.41, 5.74) is 0. The van der Waals surface area contributed by atoms with Gasteiger partial charge in [0, 0.05) is 11.0 Å². The molecule has 0 saturated heterocycles.